The van der Waals surface area contributed by atoms with Crippen LogP contribution in [0.1, 0.15) is 15.9 Å². The third kappa shape index (κ3) is 4.97. The van der Waals surface area contributed by atoms with Crippen molar-refractivity contribution in [3.8, 4) is 11.5 Å². The number of nitrogens with one attached hydrogen (secondary N) is 1. The molecule has 2 aromatic rings. The van der Waals surface area contributed by atoms with E-state index in [2.05, 4.69) is 5.32 Å². The highest BCUT2D eigenvalue weighted by molar-refractivity contribution is 5.99. The fraction of sp³-hybridized carbons (Fsp3) is 0.263. The average molecular weight is 357 g/mol. The van der Waals surface area contributed by atoms with Gasteiger partial charge in [-0.25, -0.2) is 0 Å². The van der Waals surface area contributed by atoms with Gasteiger partial charge in [0, 0.05) is 43.0 Å². The van der Waals surface area contributed by atoms with Gasteiger partial charge < -0.3 is 25.4 Å². The molecule has 26 heavy (non-hydrogen) atoms. The van der Waals surface area contributed by atoms with Crippen molar-refractivity contribution in [3.63, 3.8) is 0 Å². The van der Waals surface area contributed by atoms with Crippen LogP contribution in [0.25, 0.3) is 0 Å². The summed E-state index contributed by atoms with van der Waals surface area (Å²) < 4.78 is 10.3. The monoisotopic (exact) mass is 357 g/mol. The summed E-state index contributed by atoms with van der Waals surface area (Å²) >= 11 is 0. The molecule has 2 aromatic carbocycles. The molecular formula is C19H23N3O4. The van der Waals surface area contributed by atoms with Crippen molar-refractivity contribution in [2.45, 2.75) is 6.54 Å². The number of likely N-dealkylation sites (N-methyl/N-ethyl adjacent to an activating group) is 1. The first-order chi connectivity index (χ1) is 12.5. The van der Waals surface area contributed by atoms with E-state index in [4.69, 9.17) is 15.2 Å². The number of carbonyl (C=O) groups is 2. The maximum absolute atomic E-state index is 12.4. The van der Waals surface area contributed by atoms with E-state index in [-0.39, 0.29) is 18.4 Å². The van der Waals surface area contributed by atoms with Gasteiger partial charge in [-0.15, -0.1) is 0 Å². The Morgan fingerprint density at radius 3 is 2.12 bits per heavy atom. The lowest BCUT2D eigenvalue weighted by Crippen LogP contribution is -2.34. The lowest BCUT2D eigenvalue weighted by atomic mass is 10.1. The van der Waals surface area contributed by atoms with Crippen LogP contribution in [0.15, 0.2) is 42.5 Å². The molecule has 0 aliphatic rings. The minimum atomic E-state index is -0.324. The smallest absolute Gasteiger partial charge is 0.254 e. The minimum Gasteiger partial charge on any atom is -0.497 e. The first-order valence-electron chi connectivity index (χ1n) is 8.04. The van der Waals surface area contributed by atoms with E-state index in [0.29, 0.717) is 29.3 Å². The summed E-state index contributed by atoms with van der Waals surface area (Å²) in [5, 5.41) is 2.74. The Labute approximate surface area is 152 Å². The highest BCUT2D eigenvalue weighted by Crippen LogP contribution is 2.25. The van der Waals surface area contributed by atoms with Crippen LogP contribution in [-0.4, -0.2) is 44.5 Å². The molecule has 138 valence electrons. The summed E-state index contributed by atoms with van der Waals surface area (Å²) in [6.07, 6.45) is 0. The van der Waals surface area contributed by atoms with Crippen molar-refractivity contribution in [2.24, 2.45) is 5.73 Å². The summed E-state index contributed by atoms with van der Waals surface area (Å²) in [6.45, 7) is 0.327. The second kappa shape index (κ2) is 8.87. The Balaban J connectivity index is 2.01. The van der Waals surface area contributed by atoms with Crippen molar-refractivity contribution in [1.82, 2.24) is 4.90 Å². The van der Waals surface area contributed by atoms with Gasteiger partial charge in [0.2, 0.25) is 5.91 Å². The fourth-order valence-electron chi connectivity index (χ4n) is 2.37. The highest BCUT2D eigenvalue weighted by Gasteiger charge is 2.15. The standard InChI is InChI=1S/C19H23N3O4/c1-22(19(24)14-6-4-13(11-20)5-7-14)12-18(23)21-15-8-16(25-2)10-17(9-15)26-3/h4-10H,11-12,20H2,1-3H3,(H,21,23). The summed E-state index contributed by atoms with van der Waals surface area (Å²) in [4.78, 5) is 26.0. The average Bonchev–Trinajstić information content (AvgIpc) is 2.66. The summed E-state index contributed by atoms with van der Waals surface area (Å²) in [5.74, 6) is 0.551. The second-order valence-corrected chi connectivity index (χ2v) is 5.71. The molecule has 0 atom stereocenters. The molecule has 0 saturated heterocycles. The number of carbonyl (C=O) groups excluding carboxylic acids is 2. The molecule has 0 fully saturated rings. The Kier molecular flexibility index (Phi) is 6.57. The minimum absolute atomic E-state index is 0.0863. The number of rotatable bonds is 7. The molecule has 0 heterocycles. The van der Waals surface area contributed by atoms with Crippen molar-refractivity contribution in [2.75, 3.05) is 33.1 Å². The van der Waals surface area contributed by atoms with Gasteiger partial charge in [0.1, 0.15) is 11.5 Å². The zero-order chi connectivity index (χ0) is 19.1. The van der Waals surface area contributed by atoms with Crippen LogP contribution in [0.2, 0.25) is 0 Å². The molecule has 7 heteroatoms. The molecule has 2 rings (SSSR count). The second-order valence-electron chi connectivity index (χ2n) is 5.71. The number of anilines is 1. The van der Waals surface area contributed by atoms with Gasteiger partial charge in [-0.05, 0) is 17.7 Å². The predicted octanol–water partition coefficient (Wildman–Crippen LogP) is 1.87. The molecule has 0 aliphatic carbocycles. The number of nitrogens with zero attached hydrogens (tertiary/aromatic N) is 1. The first kappa shape index (κ1) is 19.3. The number of ether oxygens (including phenoxy) is 2. The summed E-state index contributed by atoms with van der Waals surface area (Å²) in [5.41, 5.74) is 7.52. The van der Waals surface area contributed by atoms with Gasteiger partial charge >= 0.3 is 0 Å². The van der Waals surface area contributed by atoms with Crippen molar-refractivity contribution in [1.29, 1.82) is 0 Å². The van der Waals surface area contributed by atoms with E-state index in [1.807, 2.05) is 0 Å². The van der Waals surface area contributed by atoms with Gasteiger partial charge in [0.15, 0.2) is 0 Å². The molecule has 0 radical (unpaired) electrons. The molecule has 0 bridgehead atoms. The van der Waals surface area contributed by atoms with Gasteiger partial charge in [0.05, 0.1) is 20.8 Å². The highest BCUT2D eigenvalue weighted by atomic mass is 16.5. The number of hydrogen-bond donors (Lipinski definition) is 2. The van der Waals surface area contributed by atoms with Gasteiger partial charge in [-0.1, -0.05) is 12.1 Å². The topological polar surface area (TPSA) is 93.9 Å². The first-order valence-corrected chi connectivity index (χ1v) is 8.04. The molecule has 0 aliphatic heterocycles. The lowest BCUT2D eigenvalue weighted by molar-refractivity contribution is -0.116. The molecule has 0 saturated carbocycles. The third-order valence-corrected chi connectivity index (χ3v) is 3.80. The molecule has 2 amide bonds. The summed E-state index contributed by atoms with van der Waals surface area (Å²) in [6, 6.07) is 12.0. The third-order valence-electron chi connectivity index (χ3n) is 3.80. The van der Waals surface area contributed by atoms with E-state index in [0.717, 1.165) is 5.56 Å². The molecular weight excluding hydrogens is 334 g/mol. The fourth-order valence-corrected chi connectivity index (χ4v) is 2.37. The normalized spacial score (nSPS) is 10.2. The van der Waals surface area contributed by atoms with Crippen molar-refractivity contribution < 1.29 is 19.1 Å². The molecule has 3 N–H and O–H groups in total. The quantitative estimate of drug-likeness (QED) is 0.789. The Morgan fingerprint density at radius 1 is 1.04 bits per heavy atom. The zero-order valence-electron chi connectivity index (χ0n) is 15.1. The van der Waals surface area contributed by atoms with E-state index < -0.39 is 0 Å². The SMILES string of the molecule is COc1cc(NC(=O)CN(C)C(=O)c2ccc(CN)cc2)cc(OC)c1. The van der Waals surface area contributed by atoms with E-state index in [9.17, 15) is 9.59 Å². The molecule has 0 aromatic heterocycles. The lowest BCUT2D eigenvalue weighted by Gasteiger charge is -2.17. The molecule has 0 unspecified atom stereocenters. The number of benzene rings is 2. The van der Waals surface area contributed by atoms with Gasteiger partial charge in [0.25, 0.3) is 5.91 Å². The van der Waals surface area contributed by atoms with E-state index in [1.165, 1.54) is 19.1 Å². The number of methoxy groups -OCH3 is 2. The number of hydrogen-bond acceptors (Lipinski definition) is 5. The maximum atomic E-state index is 12.4. The van der Waals surface area contributed by atoms with Crippen molar-refractivity contribution >= 4 is 17.5 Å². The Hall–Kier alpha value is -3.06. The summed E-state index contributed by atoms with van der Waals surface area (Å²) in [7, 11) is 4.64. The van der Waals surface area contributed by atoms with Crippen LogP contribution in [0.3, 0.4) is 0 Å². The largest absolute Gasteiger partial charge is 0.497 e. The van der Waals surface area contributed by atoms with Gasteiger partial charge in [-0.2, -0.15) is 0 Å². The van der Waals surface area contributed by atoms with Crippen LogP contribution in [0.4, 0.5) is 5.69 Å². The van der Waals surface area contributed by atoms with Crippen molar-refractivity contribution in [3.05, 3.63) is 53.6 Å². The predicted molar refractivity (Wildman–Crippen MR) is 99.5 cm³/mol. The van der Waals surface area contributed by atoms with Gasteiger partial charge in [-0.3, -0.25) is 9.59 Å². The van der Waals surface area contributed by atoms with Crippen LogP contribution >= 0.6 is 0 Å². The van der Waals surface area contributed by atoms with Crippen LogP contribution < -0.4 is 20.5 Å². The van der Waals surface area contributed by atoms with E-state index in [1.54, 1.807) is 49.5 Å². The maximum Gasteiger partial charge on any atom is 0.254 e. The van der Waals surface area contributed by atoms with Crippen LogP contribution in [0.5, 0.6) is 11.5 Å². The van der Waals surface area contributed by atoms with Crippen LogP contribution in [0, 0.1) is 0 Å². The Morgan fingerprint density at radius 2 is 1.62 bits per heavy atom. The zero-order valence-corrected chi connectivity index (χ0v) is 15.1. The van der Waals surface area contributed by atoms with E-state index >= 15 is 0 Å². The number of nitrogens with two attached hydrogens (primary N) is 1. The molecule has 0 spiro atoms. The van der Waals surface area contributed by atoms with Crippen LogP contribution in [-0.2, 0) is 11.3 Å². The molecule has 7 nitrogen and oxygen atoms in total. The Bertz CT molecular complexity index is 753. The number of amides is 2.